The van der Waals surface area contributed by atoms with Crippen molar-refractivity contribution in [1.29, 1.82) is 0 Å². The highest BCUT2D eigenvalue weighted by molar-refractivity contribution is 5.96. The van der Waals surface area contributed by atoms with E-state index in [4.69, 9.17) is 4.74 Å². The number of hydrogen-bond donors (Lipinski definition) is 1. The van der Waals surface area contributed by atoms with Crippen LogP contribution in [0.15, 0.2) is 42.6 Å². The van der Waals surface area contributed by atoms with Gasteiger partial charge in [-0.05, 0) is 54.2 Å². The number of aromatic nitrogens is 1. The van der Waals surface area contributed by atoms with E-state index in [9.17, 15) is 40.6 Å². The van der Waals surface area contributed by atoms with Crippen molar-refractivity contribution in [2.45, 2.75) is 32.0 Å². The fourth-order valence-electron chi connectivity index (χ4n) is 4.03. The fraction of sp³-hybridized carbons (Fsp3) is 0.200. The van der Waals surface area contributed by atoms with Gasteiger partial charge in [-0.1, -0.05) is 6.07 Å². The van der Waals surface area contributed by atoms with Gasteiger partial charge in [-0.15, -0.1) is 0 Å². The molecule has 1 N–H and O–H groups in total. The number of rotatable bonds is 6. The molecule has 188 valence electrons. The molecule has 36 heavy (non-hydrogen) atoms. The number of ether oxygens (including phenoxy) is 1. The zero-order chi connectivity index (χ0) is 26.2. The molecule has 0 saturated carbocycles. The first-order valence-corrected chi connectivity index (χ1v) is 10.5. The summed E-state index contributed by atoms with van der Waals surface area (Å²) in [7, 11) is 0. The lowest BCUT2D eigenvalue weighted by atomic mass is 9.95. The second kappa shape index (κ2) is 9.63. The van der Waals surface area contributed by atoms with E-state index in [0.29, 0.717) is 47.9 Å². The van der Waals surface area contributed by atoms with Crippen molar-refractivity contribution in [3.05, 3.63) is 93.7 Å². The van der Waals surface area contributed by atoms with Crippen LogP contribution in [0.5, 0.6) is 5.88 Å². The summed E-state index contributed by atoms with van der Waals surface area (Å²) in [6.45, 7) is -0.786. The van der Waals surface area contributed by atoms with Crippen molar-refractivity contribution < 1.29 is 45.4 Å². The van der Waals surface area contributed by atoms with Crippen LogP contribution < -0.4 is 4.74 Å². The maximum Gasteiger partial charge on any atom is 0.417 e. The van der Waals surface area contributed by atoms with Crippen molar-refractivity contribution in [2.75, 3.05) is 0 Å². The van der Waals surface area contributed by atoms with E-state index in [-0.39, 0.29) is 17.9 Å². The van der Waals surface area contributed by atoms with Crippen LogP contribution in [0.2, 0.25) is 0 Å². The average molecular weight is 511 g/mol. The Morgan fingerprint density at radius 1 is 0.944 bits per heavy atom. The number of benzene rings is 2. The molecule has 0 saturated heterocycles. The standard InChI is InChI=1S/C25H16F7NO3/c26-14-8-21(28)19(22(29)9-14)11-36-23-17(7-13(10-33-23)25(30,31)32)16-3-1-2-15(16)12-4-5-20(27)18(6-12)24(34)35/h4-10H,1-3,11H2,(H,34,35). The molecule has 0 fully saturated rings. The van der Waals surface area contributed by atoms with E-state index in [2.05, 4.69) is 4.98 Å². The molecule has 0 spiro atoms. The normalized spacial score (nSPS) is 13.9. The molecule has 0 aliphatic heterocycles. The number of nitrogens with zero attached hydrogens (tertiary/aromatic N) is 1. The lowest BCUT2D eigenvalue weighted by molar-refractivity contribution is -0.137. The predicted octanol–water partition coefficient (Wildman–Crippen LogP) is 7.03. The number of pyridine rings is 1. The van der Waals surface area contributed by atoms with Gasteiger partial charge in [0.05, 0.1) is 16.7 Å². The fourth-order valence-corrected chi connectivity index (χ4v) is 4.03. The van der Waals surface area contributed by atoms with Crippen LogP contribution in [0, 0.1) is 23.3 Å². The van der Waals surface area contributed by atoms with Gasteiger partial charge in [-0.25, -0.2) is 27.3 Å². The van der Waals surface area contributed by atoms with Gasteiger partial charge in [0.1, 0.15) is 29.9 Å². The molecule has 11 heteroatoms. The molecule has 4 nitrogen and oxygen atoms in total. The molecule has 1 heterocycles. The quantitative estimate of drug-likeness (QED) is 0.361. The van der Waals surface area contributed by atoms with E-state index >= 15 is 0 Å². The maximum absolute atomic E-state index is 14.0. The first-order valence-electron chi connectivity index (χ1n) is 10.5. The smallest absolute Gasteiger partial charge is 0.417 e. The highest BCUT2D eigenvalue weighted by Gasteiger charge is 2.33. The molecular formula is C25H16F7NO3. The number of carboxylic acid groups (broad SMARTS) is 1. The lowest BCUT2D eigenvalue weighted by Gasteiger charge is -2.16. The third-order valence-electron chi connectivity index (χ3n) is 5.73. The van der Waals surface area contributed by atoms with Gasteiger partial charge in [-0.2, -0.15) is 13.2 Å². The minimum absolute atomic E-state index is 0.110. The largest absolute Gasteiger partial charge is 0.478 e. The van der Waals surface area contributed by atoms with Gasteiger partial charge >= 0.3 is 12.1 Å². The van der Waals surface area contributed by atoms with Gasteiger partial charge in [0.15, 0.2) is 0 Å². The molecule has 0 amide bonds. The van der Waals surface area contributed by atoms with Crippen molar-refractivity contribution in [2.24, 2.45) is 0 Å². The molecule has 0 bridgehead atoms. The Bertz CT molecular complexity index is 1360. The Kier molecular flexibility index (Phi) is 6.75. The van der Waals surface area contributed by atoms with E-state index in [0.717, 1.165) is 18.2 Å². The Hall–Kier alpha value is -3.89. The van der Waals surface area contributed by atoms with Crippen LogP contribution in [0.3, 0.4) is 0 Å². The van der Waals surface area contributed by atoms with Crippen molar-refractivity contribution >= 4 is 17.1 Å². The summed E-state index contributed by atoms with van der Waals surface area (Å²) < 4.78 is 101. The number of hydrogen-bond acceptors (Lipinski definition) is 3. The zero-order valence-corrected chi connectivity index (χ0v) is 18.2. The SMILES string of the molecule is O=C(O)c1cc(C2=C(c3cc(C(F)(F)F)cnc3OCc3c(F)cc(F)cc3F)CCC2)ccc1F. The summed E-state index contributed by atoms with van der Waals surface area (Å²) in [5.41, 5.74) is -1.37. The summed E-state index contributed by atoms with van der Waals surface area (Å²) in [5, 5.41) is 9.23. The number of aromatic carboxylic acids is 1. The molecule has 1 aromatic heterocycles. The minimum Gasteiger partial charge on any atom is -0.478 e. The molecule has 0 unspecified atom stereocenters. The molecule has 4 rings (SSSR count). The number of allylic oxidation sites excluding steroid dienone is 2. The van der Waals surface area contributed by atoms with Gasteiger partial charge in [0.25, 0.3) is 0 Å². The monoisotopic (exact) mass is 511 g/mol. The number of carbonyl (C=O) groups is 1. The number of halogens is 7. The Balaban J connectivity index is 1.81. The summed E-state index contributed by atoms with van der Waals surface area (Å²) in [6, 6.07) is 5.01. The highest BCUT2D eigenvalue weighted by Crippen LogP contribution is 2.44. The lowest BCUT2D eigenvalue weighted by Crippen LogP contribution is -2.10. The van der Waals surface area contributed by atoms with Crippen LogP contribution in [-0.2, 0) is 12.8 Å². The van der Waals surface area contributed by atoms with Crippen molar-refractivity contribution in [1.82, 2.24) is 4.98 Å². The second-order valence-electron chi connectivity index (χ2n) is 8.02. The zero-order valence-electron chi connectivity index (χ0n) is 18.2. The molecule has 0 radical (unpaired) electrons. The first-order chi connectivity index (χ1) is 17.0. The van der Waals surface area contributed by atoms with Crippen LogP contribution in [0.25, 0.3) is 11.1 Å². The highest BCUT2D eigenvalue weighted by atomic mass is 19.4. The molecule has 0 atom stereocenters. The minimum atomic E-state index is -4.76. The Morgan fingerprint density at radius 3 is 2.25 bits per heavy atom. The maximum atomic E-state index is 14.0. The van der Waals surface area contributed by atoms with Gasteiger partial charge in [0, 0.05) is 23.9 Å². The van der Waals surface area contributed by atoms with E-state index in [1.54, 1.807) is 0 Å². The Morgan fingerprint density at radius 2 is 1.61 bits per heavy atom. The van der Waals surface area contributed by atoms with E-state index < -0.39 is 58.7 Å². The van der Waals surface area contributed by atoms with E-state index in [1.165, 1.54) is 6.07 Å². The first kappa shape index (κ1) is 25.2. The summed E-state index contributed by atoms with van der Waals surface area (Å²) >= 11 is 0. The third kappa shape index (κ3) is 5.05. The average Bonchev–Trinajstić information content (AvgIpc) is 3.27. The van der Waals surface area contributed by atoms with Gasteiger partial charge in [0.2, 0.25) is 5.88 Å². The molecule has 1 aliphatic rings. The predicted molar refractivity (Wildman–Crippen MR) is 114 cm³/mol. The molecule has 1 aliphatic carbocycles. The summed E-state index contributed by atoms with van der Waals surface area (Å²) in [4.78, 5) is 15.1. The van der Waals surface area contributed by atoms with Crippen LogP contribution in [-0.4, -0.2) is 16.1 Å². The number of alkyl halides is 3. The Labute approximate surface area is 199 Å². The second-order valence-corrected chi connectivity index (χ2v) is 8.02. The summed E-state index contributed by atoms with van der Waals surface area (Å²) in [5.74, 6) is -6.48. The van der Waals surface area contributed by atoms with Crippen LogP contribution in [0.1, 0.15) is 51.9 Å². The van der Waals surface area contributed by atoms with Gasteiger partial charge in [-0.3, -0.25) is 0 Å². The molecule has 2 aromatic carbocycles. The van der Waals surface area contributed by atoms with Gasteiger partial charge < -0.3 is 9.84 Å². The van der Waals surface area contributed by atoms with E-state index in [1.807, 2.05) is 0 Å². The third-order valence-corrected chi connectivity index (χ3v) is 5.73. The molecule has 3 aromatic rings. The van der Waals surface area contributed by atoms with Crippen LogP contribution >= 0.6 is 0 Å². The van der Waals surface area contributed by atoms with Crippen molar-refractivity contribution in [3.63, 3.8) is 0 Å². The molecular weight excluding hydrogens is 495 g/mol. The summed E-state index contributed by atoms with van der Waals surface area (Å²) in [6.07, 6.45) is -3.17. The number of carboxylic acids is 1. The topological polar surface area (TPSA) is 59.4 Å². The van der Waals surface area contributed by atoms with Crippen molar-refractivity contribution in [3.8, 4) is 5.88 Å². The van der Waals surface area contributed by atoms with Crippen LogP contribution in [0.4, 0.5) is 30.7 Å².